The zero-order valence-electron chi connectivity index (χ0n) is 17.4. The van der Waals surface area contributed by atoms with Crippen LogP contribution < -0.4 is 10.6 Å². The van der Waals surface area contributed by atoms with Crippen LogP contribution in [0.4, 0.5) is 5.69 Å². The summed E-state index contributed by atoms with van der Waals surface area (Å²) >= 11 is 0. The lowest BCUT2D eigenvalue weighted by atomic mass is 10.2. The van der Waals surface area contributed by atoms with E-state index in [1.165, 1.54) is 10.5 Å². The number of rotatable bonds is 8. The number of carbonyl (C=O) groups is 3. The van der Waals surface area contributed by atoms with Gasteiger partial charge in [-0.3, -0.25) is 19.4 Å². The molecule has 1 aromatic carbocycles. The minimum Gasteiger partial charge on any atom is -0.347 e. The Bertz CT molecular complexity index is 1040. The van der Waals surface area contributed by atoms with Gasteiger partial charge in [-0.2, -0.15) is 4.31 Å². The molecule has 2 N–H and O–H groups in total. The lowest BCUT2D eigenvalue weighted by molar-refractivity contribution is -0.134. The van der Waals surface area contributed by atoms with Crippen LogP contribution in [0.3, 0.4) is 0 Å². The molecule has 0 atom stereocenters. The van der Waals surface area contributed by atoms with Crippen molar-refractivity contribution in [2.75, 3.05) is 38.0 Å². The van der Waals surface area contributed by atoms with Crippen molar-refractivity contribution in [1.29, 1.82) is 0 Å². The van der Waals surface area contributed by atoms with E-state index in [9.17, 15) is 22.8 Å². The summed E-state index contributed by atoms with van der Waals surface area (Å²) in [6.07, 6.45) is 3.00. The first kappa shape index (κ1) is 23.4. The maximum absolute atomic E-state index is 12.7. The van der Waals surface area contributed by atoms with E-state index < -0.39 is 21.8 Å². The van der Waals surface area contributed by atoms with Gasteiger partial charge in [0.25, 0.3) is 0 Å². The summed E-state index contributed by atoms with van der Waals surface area (Å²) in [6.45, 7) is 0.714. The molecule has 3 amide bonds. The first-order valence-corrected chi connectivity index (χ1v) is 11.6. The molecular weight excluding hydrogens is 434 g/mol. The molecule has 0 spiro atoms. The fourth-order valence-electron chi connectivity index (χ4n) is 3.21. The Morgan fingerprint density at radius 3 is 2.28 bits per heavy atom. The van der Waals surface area contributed by atoms with Gasteiger partial charge >= 0.3 is 0 Å². The van der Waals surface area contributed by atoms with Gasteiger partial charge in [0.15, 0.2) is 0 Å². The molecule has 0 radical (unpaired) electrons. The number of hydrogen-bond acceptors (Lipinski definition) is 6. The van der Waals surface area contributed by atoms with Crippen molar-refractivity contribution in [1.82, 2.24) is 19.5 Å². The Labute approximate surface area is 186 Å². The number of hydrogen-bond donors (Lipinski definition) is 2. The van der Waals surface area contributed by atoms with Gasteiger partial charge in [0.1, 0.15) is 0 Å². The molecule has 1 fully saturated rings. The number of benzene rings is 1. The second-order valence-corrected chi connectivity index (χ2v) is 9.10. The van der Waals surface area contributed by atoms with E-state index in [1.807, 2.05) is 0 Å². The SMILES string of the molecule is O=C(CCC(=O)N1CCN(S(=O)(=O)c2ccccc2)CC1)NCC(=O)Nc1cccnc1. The number of pyridine rings is 1. The van der Waals surface area contributed by atoms with Crippen LogP contribution in [-0.4, -0.2) is 73.1 Å². The summed E-state index contributed by atoms with van der Waals surface area (Å²) in [5, 5.41) is 5.07. The van der Waals surface area contributed by atoms with Gasteiger partial charge < -0.3 is 15.5 Å². The average Bonchev–Trinajstić information content (AvgIpc) is 2.82. The van der Waals surface area contributed by atoms with Gasteiger partial charge in [-0.15, -0.1) is 0 Å². The van der Waals surface area contributed by atoms with Crippen molar-refractivity contribution in [3.63, 3.8) is 0 Å². The second kappa shape index (κ2) is 10.8. The molecule has 11 heteroatoms. The molecule has 2 aromatic rings. The average molecular weight is 460 g/mol. The van der Waals surface area contributed by atoms with Gasteiger partial charge in [-0.1, -0.05) is 18.2 Å². The molecule has 1 aromatic heterocycles. The Kier molecular flexibility index (Phi) is 7.90. The molecule has 3 rings (SSSR count). The van der Waals surface area contributed by atoms with Crippen molar-refractivity contribution in [3.8, 4) is 0 Å². The van der Waals surface area contributed by atoms with Gasteiger partial charge in [0.05, 0.1) is 23.3 Å². The Morgan fingerprint density at radius 2 is 1.62 bits per heavy atom. The maximum atomic E-state index is 12.7. The molecule has 0 aliphatic carbocycles. The monoisotopic (exact) mass is 459 g/mol. The van der Waals surface area contributed by atoms with E-state index in [0.717, 1.165) is 0 Å². The summed E-state index contributed by atoms with van der Waals surface area (Å²) in [5.41, 5.74) is 0.523. The molecule has 1 aliphatic rings. The summed E-state index contributed by atoms with van der Waals surface area (Å²) in [7, 11) is -3.59. The first-order chi connectivity index (χ1) is 15.4. The van der Waals surface area contributed by atoms with Crippen LogP contribution in [0.5, 0.6) is 0 Å². The predicted molar refractivity (Wildman–Crippen MR) is 117 cm³/mol. The summed E-state index contributed by atoms with van der Waals surface area (Å²) in [6, 6.07) is 11.5. The van der Waals surface area contributed by atoms with Crippen LogP contribution in [0.25, 0.3) is 0 Å². The van der Waals surface area contributed by atoms with Crippen molar-refractivity contribution in [2.24, 2.45) is 0 Å². The third-order valence-electron chi connectivity index (χ3n) is 4.93. The largest absolute Gasteiger partial charge is 0.347 e. The van der Waals surface area contributed by atoms with E-state index in [0.29, 0.717) is 5.69 Å². The molecule has 0 unspecified atom stereocenters. The molecule has 0 bridgehead atoms. The number of nitrogens with zero attached hydrogens (tertiary/aromatic N) is 3. The van der Waals surface area contributed by atoms with E-state index in [4.69, 9.17) is 0 Å². The maximum Gasteiger partial charge on any atom is 0.243 e. The van der Waals surface area contributed by atoms with Crippen LogP contribution in [0.2, 0.25) is 0 Å². The van der Waals surface area contributed by atoms with Crippen LogP contribution in [0.15, 0.2) is 59.8 Å². The Hall–Kier alpha value is -3.31. The predicted octanol–water partition coefficient (Wildman–Crippen LogP) is 0.450. The molecule has 170 valence electrons. The number of amides is 3. The molecule has 32 heavy (non-hydrogen) atoms. The second-order valence-electron chi connectivity index (χ2n) is 7.16. The van der Waals surface area contributed by atoms with Crippen molar-refractivity contribution in [2.45, 2.75) is 17.7 Å². The number of carbonyl (C=O) groups excluding carboxylic acids is 3. The Morgan fingerprint density at radius 1 is 0.906 bits per heavy atom. The summed E-state index contributed by atoms with van der Waals surface area (Å²) < 4.78 is 26.7. The number of anilines is 1. The van der Waals surface area contributed by atoms with Gasteiger partial charge in [0.2, 0.25) is 27.7 Å². The fourth-order valence-corrected chi connectivity index (χ4v) is 4.65. The molecule has 1 aliphatic heterocycles. The normalized spacial score (nSPS) is 14.6. The summed E-state index contributed by atoms with van der Waals surface area (Å²) in [4.78, 5) is 41.9. The van der Waals surface area contributed by atoms with E-state index in [1.54, 1.807) is 53.6 Å². The highest BCUT2D eigenvalue weighted by atomic mass is 32.2. The smallest absolute Gasteiger partial charge is 0.243 e. The topological polar surface area (TPSA) is 129 Å². The zero-order valence-corrected chi connectivity index (χ0v) is 18.3. The third-order valence-corrected chi connectivity index (χ3v) is 6.84. The third kappa shape index (κ3) is 6.34. The molecule has 2 heterocycles. The lowest BCUT2D eigenvalue weighted by Gasteiger charge is -2.34. The molecule has 1 saturated heterocycles. The quantitative estimate of drug-likeness (QED) is 0.590. The van der Waals surface area contributed by atoms with Gasteiger partial charge in [0, 0.05) is 45.2 Å². The van der Waals surface area contributed by atoms with Crippen LogP contribution in [-0.2, 0) is 24.4 Å². The molecular formula is C21H25N5O5S. The number of piperazine rings is 1. The van der Waals surface area contributed by atoms with E-state index >= 15 is 0 Å². The highest BCUT2D eigenvalue weighted by molar-refractivity contribution is 7.89. The summed E-state index contributed by atoms with van der Waals surface area (Å²) in [5.74, 6) is -1.03. The van der Waals surface area contributed by atoms with Gasteiger partial charge in [-0.25, -0.2) is 8.42 Å². The van der Waals surface area contributed by atoms with Crippen LogP contribution in [0, 0.1) is 0 Å². The van der Waals surface area contributed by atoms with Crippen LogP contribution >= 0.6 is 0 Å². The molecule has 10 nitrogen and oxygen atoms in total. The Balaban J connectivity index is 1.37. The number of sulfonamides is 1. The zero-order chi connectivity index (χ0) is 23.0. The van der Waals surface area contributed by atoms with E-state index in [-0.39, 0.29) is 56.4 Å². The fraction of sp³-hybridized carbons (Fsp3) is 0.333. The highest BCUT2D eigenvalue weighted by Crippen LogP contribution is 2.17. The first-order valence-electron chi connectivity index (χ1n) is 10.2. The van der Waals surface area contributed by atoms with Crippen molar-refractivity contribution in [3.05, 3.63) is 54.9 Å². The lowest BCUT2D eigenvalue weighted by Crippen LogP contribution is -2.50. The van der Waals surface area contributed by atoms with E-state index in [2.05, 4.69) is 15.6 Å². The van der Waals surface area contributed by atoms with Crippen molar-refractivity contribution < 1.29 is 22.8 Å². The minimum atomic E-state index is -3.59. The van der Waals surface area contributed by atoms with Crippen LogP contribution in [0.1, 0.15) is 12.8 Å². The van der Waals surface area contributed by atoms with Crippen molar-refractivity contribution >= 4 is 33.4 Å². The number of nitrogens with one attached hydrogen (secondary N) is 2. The molecule has 0 saturated carbocycles. The van der Waals surface area contributed by atoms with Gasteiger partial charge in [-0.05, 0) is 24.3 Å². The highest BCUT2D eigenvalue weighted by Gasteiger charge is 2.29. The number of aromatic nitrogens is 1. The minimum absolute atomic E-state index is 0.0124. The standard InChI is InChI=1S/C21H25N5O5S/c27-19(23-16-20(28)24-17-5-4-10-22-15-17)8-9-21(29)25-11-13-26(14-12-25)32(30,31)18-6-2-1-3-7-18/h1-7,10,15H,8-9,11-14,16H2,(H,23,27)(H,24,28).